The van der Waals surface area contributed by atoms with Crippen molar-refractivity contribution >= 4 is 23.3 Å². The third kappa shape index (κ3) is 5.30. The molecular weight excluding hydrogens is 242 g/mol. The Kier molecular flexibility index (Phi) is 4.45. The van der Waals surface area contributed by atoms with Crippen LogP contribution in [0.25, 0.3) is 0 Å². The van der Waals surface area contributed by atoms with Crippen LogP contribution in [0, 0.1) is 0 Å². The maximum atomic E-state index is 11.5. The number of carbonyl (C=O) groups excluding carboxylic acids is 1. The molecule has 0 saturated carbocycles. The van der Waals surface area contributed by atoms with E-state index in [0.29, 0.717) is 6.54 Å². The summed E-state index contributed by atoms with van der Waals surface area (Å²) >= 11 is 1.45. The molecule has 0 fully saturated rings. The van der Waals surface area contributed by atoms with Crippen molar-refractivity contribution in [3.05, 3.63) is 16.6 Å². The topological polar surface area (TPSA) is 91.3 Å². The molecule has 2 amide bonds. The highest BCUT2D eigenvalue weighted by Gasteiger charge is 2.23. The molecule has 0 atom stereocenters. The molecule has 6 nitrogen and oxygen atoms in total. The molecule has 1 heterocycles. The van der Waals surface area contributed by atoms with Gasteiger partial charge in [0.2, 0.25) is 0 Å². The highest BCUT2D eigenvalue weighted by atomic mass is 32.1. The van der Waals surface area contributed by atoms with Crippen molar-refractivity contribution in [3.8, 4) is 0 Å². The van der Waals surface area contributed by atoms with Crippen molar-refractivity contribution in [2.75, 3.05) is 0 Å². The zero-order valence-electron chi connectivity index (χ0n) is 9.69. The fraction of sp³-hybridized carbons (Fsp3) is 0.500. The van der Waals surface area contributed by atoms with Crippen LogP contribution in [-0.2, 0) is 11.3 Å². The molecule has 0 unspecified atom stereocenters. The van der Waals surface area contributed by atoms with Crippen molar-refractivity contribution in [2.45, 2.75) is 32.4 Å². The number of hydrogen-bond donors (Lipinski definition) is 3. The summed E-state index contributed by atoms with van der Waals surface area (Å²) in [5, 5.41) is 16.5. The van der Waals surface area contributed by atoms with E-state index >= 15 is 0 Å². The third-order valence-electron chi connectivity index (χ3n) is 1.93. The molecule has 94 valence electrons. The maximum Gasteiger partial charge on any atom is 0.315 e. The largest absolute Gasteiger partial charge is 0.481 e. The summed E-state index contributed by atoms with van der Waals surface area (Å²) in [6, 6.07) is -0.397. The molecule has 0 aromatic carbocycles. The standard InChI is InChI=1S/C10H15N3O3S/c1-10(2,5-8(14)15)13-9(16)12-6-7-11-3-4-17-7/h3-4H,5-6H2,1-2H3,(H,14,15)(H2,12,13,16). The first kappa shape index (κ1) is 13.4. The van der Waals surface area contributed by atoms with Crippen LogP contribution in [0.5, 0.6) is 0 Å². The number of nitrogens with zero attached hydrogens (tertiary/aromatic N) is 1. The van der Waals surface area contributed by atoms with E-state index < -0.39 is 17.5 Å². The second-order valence-corrected chi connectivity index (χ2v) is 5.17. The normalized spacial score (nSPS) is 10.9. The van der Waals surface area contributed by atoms with Crippen LogP contribution >= 0.6 is 11.3 Å². The fourth-order valence-electron chi connectivity index (χ4n) is 1.27. The lowest BCUT2D eigenvalue weighted by atomic mass is 10.0. The monoisotopic (exact) mass is 257 g/mol. The number of rotatable bonds is 5. The smallest absolute Gasteiger partial charge is 0.315 e. The summed E-state index contributed by atoms with van der Waals surface area (Å²) in [6.45, 7) is 3.65. The van der Waals surface area contributed by atoms with Gasteiger partial charge in [0.25, 0.3) is 0 Å². The number of amides is 2. The van der Waals surface area contributed by atoms with Gasteiger partial charge in [0.15, 0.2) is 0 Å². The van der Waals surface area contributed by atoms with E-state index in [9.17, 15) is 9.59 Å². The number of carboxylic acids is 1. The Hall–Kier alpha value is -1.63. The summed E-state index contributed by atoms with van der Waals surface area (Å²) in [6.07, 6.45) is 1.53. The van der Waals surface area contributed by atoms with E-state index in [-0.39, 0.29) is 6.42 Å². The van der Waals surface area contributed by atoms with Crippen molar-refractivity contribution in [2.24, 2.45) is 0 Å². The molecule has 1 rings (SSSR count). The Labute approximate surface area is 103 Å². The van der Waals surface area contributed by atoms with Gasteiger partial charge in [0, 0.05) is 17.1 Å². The zero-order chi connectivity index (χ0) is 12.9. The molecule has 0 saturated heterocycles. The Balaban J connectivity index is 2.36. The SMILES string of the molecule is CC(C)(CC(=O)O)NC(=O)NCc1nccs1. The number of aromatic nitrogens is 1. The minimum absolute atomic E-state index is 0.127. The van der Waals surface area contributed by atoms with Crippen molar-refractivity contribution in [1.82, 2.24) is 15.6 Å². The molecule has 0 bridgehead atoms. The number of urea groups is 1. The molecule has 0 radical (unpaired) electrons. The Morgan fingerprint density at radius 1 is 1.53 bits per heavy atom. The van der Waals surface area contributed by atoms with E-state index in [1.807, 2.05) is 5.38 Å². The predicted molar refractivity (Wildman–Crippen MR) is 63.8 cm³/mol. The Bertz CT molecular complexity index is 390. The minimum atomic E-state index is -0.949. The van der Waals surface area contributed by atoms with Crippen LogP contribution in [0.4, 0.5) is 4.79 Å². The molecule has 7 heteroatoms. The van der Waals surface area contributed by atoms with E-state index in [4.69, 9.17) is 5.11 Å². The van der Waals surface area contributed by atoms with Gasteiger partial charge in [0.1, 0.15) is 5.01 Å². The average molecular weight is 257 g/mol. The van der Waals surface area contributed by atoms with Gasteiger partial charge in [-0.3, -0.25) is 4.79 Å². The van der Waals surface area contributed by atoms with Crippen LogP contribution in [-0.4, -0.2) is 27.6 Å². The quantitative estimate of drug-likeness (QED) is 0.739. The van der Waals surface area contributed by atoms with E-state index in [1.165, 1.54) is 11.3 Å². The zero-order valence-corrected chi connectivity index (χ0v) is 10.5. The molecule has 1 aromatic rings. The number of hydrogen-bond acceptors (Lipinski definition) is 4. The number of nitrogens with one attached hydrogen (secondary N) is 2. The van der Waals surface area contributed by atoms with Gasteiger partial charge in [-0.15, -0.1) is 11.3 Å². The van der Waals surface area contributed by atoms with Crippen LogP contribution in [0.15, 0.2) is 11.6 Å². The predicted octanol–water partition coefficient (Wildman–Crippen LogP) is 1.20. The van der Waals surface area contributed by atoms with Crippen LogP contribution < -0.4 is 10.6 Å². The average Bonchev–Trinajstić information content (AvgIpc) is 2.63. The van der Waals surface area contributed by atoms with Gasteiger partial charge in [-0.2, -0.15) is 0 Å². The Morgan fingerprint density at radius 2 is 2.24 bits per heavy atom. The lowest BCUT2D eigenvalue weighted by molar-refractivity contribution is -0.138. The molecule has 0 spiro atoms. The fourth-order valence-corrected chi connectivity index (χ4v) is 1.83. The summed E-state index contributed by atoms with van der Waals surface area (Å²) in [4.78, 5) is 26.1. The van der Waals surface area contributed by atoms with Gasteiger partial charge in [-0.1, -0.05) is 0 Å². The molecule has 17 heavy (non-hydrogen) atoms. The molecule has 1 aromatic heterocycles. The van der Waals surface area contributed by atoms with Gasteiger partial charge < -0.3 is 15.7 Å². The van der Waals surface area contributed by atoms with E-state index in [2.05, 4.69) is 15.6 Å². The lowest BCUT2D eigenvalue weighted by Crippen LogP contribution is -2.49. The van der Waals surface area contributed by atoms with Crippen LogP contribution in [0.3, 0.4) is 0 Å². The van der Waals surface area contributed by atoms with E-state index in [1.54, 1.807) is 20.0 Å². The van der Waals surface area contributed by atoms with Gasteiger partial charge in [0.05, 0.1) is 13.0 Å². The third-order valence-corrected chi connectivity index (χ3v) is 2.71. The molecule has 0 aliphatic heterocycles. The summed E-state index contributed by atoms with van der Waals surface area (Å²) in [7, 11) is 0. The second-order valence-electron chi connectivity index (χ2n) is 4.19. The van der Waals surface area contributed by atoms with Crippen molar-refractivity contribution < 1.29 is 14.7 Å². The molecule has 0 aliphatic rings. The highest BCUT2D eigenvalue weighted by molar-refractivity contribution is 7.09. The second kappa shape index (κ2) is 5.62. The maximum absolute atomic E-state index is 11.5. The summed E-state index contributed by atoms with van der Waals surface area (Å²) in [5.74, 6) is -0.949. The number of carbonyl (C=O) groups is 2. The molecular formula is C10H15N3O3S. The first-order valence-electron chi connectivity index (χ1n) is 5.05. The lowest BCUT2D eigenvalue weighted by Gasteiger charge is -2.24. The molecule has 0 aliphatic carbocycles. The first-order valence-corrected chi connectivity index (χ1v) is 5.93. The minimum Gasteiger partial charge on any atom is -0.481 e. The van der Waals surface area contributed by atoms with Gasteiger partial charge in [-0.25, -0.2) is 9.78 Å². The number of thiazole rings is 1. The van der Waals surface area contributed by atoms with Gasteiger partial charge in [-0.05, 0) is 13.8 Å². The number of carboxylic acid groups (broad SMARTS) is 1. The summed E-state index contributed by atoms with van der Waals surface area (Å²) < 4.78 is 0. The van der Waals surface area contributed by atoms with Crippen molar-refractivity contribution in [3.63, 3.8) is 0 Å². The van der Waals surface area contributed by atoms with Gasteiger partial charge >= 0.3 is 12.0 Å². The number of aliphatic carboxylic acids is 1. The summed E-state index contributed by atoms with van der Waals surface area (Å²) in [5.41, 5.74) is -0.779. The Morgan fingerprint density at radius 3 is 2.76 bits per heavy atom. The van der Waals surface area contributed by atoms with Crippen molar-refractivity contribution in [1.29, 1.82) is 0 Å². The van der Waals surface area contributed by atoms with Crippen LogP contribution in [0.1, 0.15) is 25.3 Å². The van der Waals surface area contributed by atoms with E-state index in [0.717, 1.165) is 5.01 Å². The molecule has 3 N–H and O–H groups in total. The highest BCUT2D eigenvalue weighted by Crippen LogP contribution is 2.08. The van der Waals surface area contributed by atoms with Crippen LogP contribution in [0.2, 0.25) is 0 Å². The first-order chi connectivity index (χ1) is 7.89.